The van der Waals surface area contributed by atoms with Crippen molar-refractivity contribution in [1.29, 1.82) is 0 Å². The molecule has 1 aromatic carbocycles. The molecule has 1 aliphatic rings. The third-order valence-corrected chi connectivity index (χ3v) is 4.30. The maximum absolute atomic E-state index is 12.3. The molecule has 162 valence electrons. The highest BCUT2D eigenvalue weighted by Gasteiger charge is 2.28. The highest BCUT2D eigenvalue weighted by molar-refractivity contribution is 5.98. The van der Waals surface area contributed by atoms with E-state index in [-0.39, 0.29) is 50.1 Å². The largest absolute Gasteiger partial charge is 0.478 e. The van der Waals surface area contributed by atoms with Crippen LogP contribution in [0.4, 0.5) is 11.6 Å². The zero-order valence-corrected chi connectivity index (χ0v) is 17.2. The molecule has 3 rings (SSSR count). The van der Waals surface area contributed by atoms with Crippen LogP contribution in [0.25, 0.3) is 0 Å². The van der Waals surface area contributed by atoms with Crippen LogP contribution in [0.1, 0.15) is 25.3 Å². The lowest BCUT2D eigenvalue weighted by Crippen LogP contribution is -2.38. The lowest BCUT2D eigenvalue weighted by molar-refractivity contribution is -0.144. The van der Waals surface area contributed by atoms with Gasteiger partial charge in [0, 0.05) is 25.2 Å². The molecule has 2 aromatic rings. The molecule has 0 unspecified atom stereocenters. The van der Waals surface area contributed by atoms with Crippen LogP contribution in [-0.4, -0.2) is 46.5 Å². The van der Waals surface area contributed by atoms with Crippen LogP contribution < -0.4 is 21.1 Å². The van der Waals surface area contributed by atoms with E-state index in [0.717, 1.165) is 5.56 Å². The summed E-state index contributed by atoms with van der Waals surface area (Å²) in [5, 5.41) is 5.37. The Labute approximate surface area is 179 Å². The Morgan fingerprint density at radius 3 is 2.90 bits per heavy atom. The van der Waals surface area contributed by atoms with Gasteiger partial charge in [-0.1, -0.05) is 6.07 Å². The van der Waals surface area contributed by atoms with Crippen LogP contribution in [-0.2, 0) is 25.5 Å². The molecule has 11 heteroatoms. The Hall–Kier alpha value is -3.11. The number of imidazole rings is 1. The number of nitrogens with one attached hydrogen (secondary N) is 3. The second-order valence-electron chi connectivity index (χ2n) is 6.51. The van der Waals surface area contributed by atoms with Gasteiger partial charge >= 0.3 is 5.97 Å². The van der Waals surface area contributed by atoms with E-state index in [0.29, 0.717) is 17.4 Å². The molecule has 5 N–H and O–H groups in total. The summed E-state index contributed by atoms with van der Waals surface area (Å²) in [6.45, 7) is 1.98. The summed E-state index contributed by atoms with van der Waals surface area (Å²) in [5.74, 6) is -0.239. The van der Waals surface area contributed by atoms with Gasteiger partial charge in [0.1, 0.15) is 11.8 Å². The van der Waals surface area contributed by atoms with Gasteiger partial charge < -0.3 is 25.5 Å². The molecule has 0 bridgehead atoms. The molecule has 2 amide bonds. The first-order valence-electron chi connectivity index (χ1n) is 9.28. The molecule has 0 fully saturated rings. The normalized spacial score (nSPS) is 15.7. The highest BCUT2D eigenvalue weighted by Crippen LogP contribution is 2.32. The number of nitrogens with zero attached hydrogens (tertiary/aromatic N) is 1. The van der Waals surface area contributed by atoms with Gasteiger partial charge in [0.25, 0.3) is 5.91 Å². The van der Waals surface area contributed by atoms with Crippen molar-refractivity contribution >= 4 is 41.8 Å². The number of ether oxygens (including phenoxy) is 2. The lowest BCUT2D eigenvalue weighted by atomic mass is 10.0. The van der Waals surface area contributed by atoms with Crippen LogP contribution in [0.2, 0.25) is 0 Å². The third-order valence-electron chi connectivity index (χ3n) is 4.30. The fourth-order valence-electron chi connectivity index (χ4n) is 2.89. The minimum atomic E-state index is -0.784. The van der Waals surface area contributed by atoms with Crippen molar-refractivity contribution in [3.63, 3.8) is 0 Å². The number of halogens is 1. The fraction of sp³-hybridized carbons (Fsp3) is 0.368. The summed E-state index contributed by atoms with van der Waals surface area (Å²) in [4.78, 5) is 42.6. The standard InChI is InChI=1S/C19H23N5O5.ClH/c1-2-28-18(27)12(20)9-11-3-4-14-13(10-11)23-17(26)15(29-14)5-6-16(25)24-19-21-7-8-22-19;/h3-4,7-8,10,12,15H,2,5-6,9,20H2,1H3,(H,23,26)(H2,21,22,24,25);1H/t12-,15+;/m0./s1. The number of hydrogen-bond donors (Lipinski definition) is 4. The van der Waals surface area contributed by atoms with Crippen molar-refractivity contribution in [2.75, 3.05) is 17.2 Å². The fourth-order valence-corrected chi connectivity index (χ4v) is 2.89. The summed E-state index contributed by atoms with van der Waals surface area (Å²) in [5.41, 5.74) is 7.11. The number of benzene rings is 1. The minimum absolute atomic E-state index is 0. The number of esters is 1. The summed E-state index contributed by atoms with van der Waals surface area (Å²) in [7, 11) is 0. The number of rotatable bonds is 8. The first kappa shape index (κ1) is 23.2. The summed E-state index contributed by atoms with van der Waals surface area (Å²) >= 11 is 0. The van der Waals surface area contributed by atoms with Crippen molar-refractivity contribution in [2.45, 2.75) is 38.3 Å². The predicted octanol–water partition coefficient (Wildman–Crippen LogP) is 1.38. The van der Waals surface area contributed by atoms with Crippen molar-refractivity contribution in [1.82, 2.24) is 9.97 Å². The van der Waals surface area contributed by atoms with Gasteiger partial charge in [-0.15, -0.1) is 12.4 Å². The van der Waals surface area contributed by atoms with E-state index in [2.05, 4.69) is 20.6 Å². The van der Waals surface area contributed by atoms with E-state index >= 15 is 0 Å². The van der Waals surface area contributed by atoms with Crippen LogP contribution >= 0.6 is 12.4 Å². The number of carbonyl (C=O) groups is 3. The molecule has 0 spiro atoms. The molecule has 1 aromatic heterocycles. The number of aromatic amines is 1. The number of anilines is 2. The van der Waals surface area contributed by atoms with Gasteiger partial charge in [0.15, 0.2) is 6.10 Å². The molecule has 0 saturated carbocycles. The van der Waals surface area contributed by atoms with E-state index in [1.165, 1.54) is 6.20 Å². The van der Waals surface area contributed by atoms with Crippen LogP contribution in [0.3, 0.4) is 0 Å². The topological polar surface area (TPSA) is 148 Å². The van der Waals surface area contributed by atoms with Gasteiger partial charge in [-0.3, -0.25) is 19.7 Å². The molecule has 10 nitrogen and oxygen atoms in total. The molecular weight excluding hydrogens is 414 g/mol. The zero-order chi connectivity index (χ0) is 20.8. The summed E-state index contributed by atoms with van der Waals surface area (Å²) in [6, 6.07) is 4.41. The SMILES string of the molecule is CCOC(=O)[C@@H](N)Cc1ccc2c(c1)NC(=O)[C@@H](CCC(=O)Nc1ncc[nH]1)O2.Cl. The Morgan fingerprint density at radius 1 is 1.40 bits per heavy atom. The Balaban J connectivity index is 0.00000320. The van der Waals surface area contributed by atoms with Crippen molar-refractivity contribution in [3.05, 3.63) is 36.2 Å². The first-order chi connectivity index (χ1) is 14.0. The van der Waals surface area contributed by atoms with Gasteiger partial charge in [-0.05, 0) is 31.0 Å². The monoisotopic (exact) mass is 437 g/mol. The molecule has 0 aliphatic carbocycles. The maximum Gasteiger partial charge on any atom is 0.323 e. The second-order valence-corrected chi connectivity index (χ2v) is 6.51. The van der Waals surface area contributed by atoms with Crippen molar-refractivity contribution < 1.29 is 23.9 Å². The Bertz CT molecular complexity index is 889. The van der Waals surface area contributed by atoms with E-state index < -0.39 is 18.1 Å². The quantitative estimate of drug-likeness (QED) is 0.456. The number of carbonyl (C=O) groups excluding carboxylic acids is 3. The summed E-state index contributed by atoms with van der Waals surface area (Å²) < 4.78 is 10.6. The molecule has 0 radical (unpaired) electrons. The first-order valence-corrected chi connectivity index (χ1v) is 9.28. The molecular formula is C19H24ClN5O5. The summed E-state index contributed by atoms with van der Waals surface area (Å²) in [6.07, 6.45) is 2.93. The van der Waals surface area contributed by atoms with E-state index in [1.54, 1.807) is 31.3 Å². The molecule has 1 aliphatic heterocycles. The van der Waals surface area contributed by atoms with Crippen LogP contribution in [0.15, 0.2) is 30.6 Å². The number of fused-ring (bicyclic) bond motifs is 1. The van der Waals surface area contributed by atoms with Gasteiger partial charge in [-0.25, -0.2) is 4.98 Å². The molecule has 2 heterocycles. The van der Waals surface area contributed by atoms with Gasteiger partial charge in [-0.2, -0.15) is 0 Å². The molecule has 30 heavy (non-hydrogen) atoms. The number of amides is 2. The Morgan fingerprint density at radius 2 is 2.20 bits per heavy atom. The third kappa shape index (κ3) is 5.94. The number of aromatic nitrogens is 2. The number of nitrogens with two attached hydrogens (primary N) is 1. The van der Waals surface area contributed by atoms with E-state index in [4.69, 9.17) is 15.2 Å². The van der Waals surface area contributed by atoms with E-state index in [1.807, 2.05) is 0 Å². The molecule has 0 saturated heterocycles. The van der Waals surface area contributed by atoms with Crippen molar-refractivity contribution in [2.24, 2.45) is 5.73 Å². The zero-order valence-electron chi connectivity index (χ0n) is 16.3. The van der Waals surface area contributed by atoms with Crippen LogP contribution in [0, 0.1) is 0 Å². The lowest BCUT2D eigenvalue weighted by Gasteiger charge is -2.26. The predicted molar refractivity (Wildman–Crippen MR) is 111 cm³/mol. The van der Waals surface area contributed by atoms with Crippen LogP contribution in [0.5, 0.6) is 5.75 Å². The molecule has 2 atom stereocenters. The van der Waals surface area contributed by atoms with Gasteiger partial charge in [0.2, 0.25) is 11.9 Å². The minimum Gasteiger partial charge on any atom is -0.478 e. The van der Waals surface area contributed by atoms with Gasteiger partial charge in [0.05, 0.1) is 12.3 Å². The highest BCUT2D eigenvalue weighted by atomic mass is 35.5. The second kappa shape index (κ2) is 10.6. The average molecular weight is 438 g/mol. The maximum atomic E-state index is 12.3. The average Bonchev–Trinajstić information content (AvgIpc) is 3.19. The van der Waals surface area contributed by atoms with Crippen molar-refractivity contribution in [3.8, 4) is 5.75 Å². The van der Waals surface area contributed by atoms with E-state index in [9.17, 15) is 14.4 Å². The smallest absolute Gasteiger partial charge is 0.323 e. The number of H-pyrrole nitrogens is 1. The number of hydrogen-bond acceptors (Lipinski definition) is 7. The Kier molecular flexibility index (Phi) is 8.19.